The minimum absolute atomic E-state index is 0.0273. The summed E-state index contributed by atoms with van der Waals surface area (Å²) in [4.78, 5) is 29.1. The van der Waals surface area contributed by atoms with Crippen molar-refractivity contribution in [3.8, 4) is 5.69 Å². The number of anilines is 1. The van der Waals surface area contributed by atoms with Crippen molar-refractivity contribution in [2.75, 3.05) is 16.8 Å². The highest BCUT2D eigenvalue weighted by molar-refractivity contribution is 8.01. The van der Waals surface area contributed by atoms with E-state index in [1.807, 2.05) is 69.3 Å². The van der Waals surface area contributed by atoms with Gasteiger partial charge in [0.1, 0.15) is 0 Å². The smallest absolute Gasteiger partial charge is 0.234 e. The fraction of sp³-hybridized carbons (Fsp3) is 0.273. The molecule has 0 saturated carbocycles. The van der Waals surface area contributed by atoms with Gasteiger partial charge < -0.3 is 10.6 Å². The molecule has 0 bridgehead atoms. The zero-order chi connectivity index (χ0) is 24.1. The molecule has 2 amide bonds. The van der Waals surface area contributed by atoms with Gasteiger partial charge in [-0.15, -0.1) is 16.4 Å². The molecule has 176 valence electrons. The summed E-state index contributed by atoms with van der Waals surface area (Å²) in [5.41, 5.74) is 2.09. The Hall–Kier alpha value is -2.96. The average Bonchev–Trinajstić information content (AvgIpc) is 3.42. The predicted octanol–water partition coefficient (Wildman–Crippen LogP) is 4.01. The molecule has 0 atom stereocenters. The lowest BCUT2D eigenvalue weighted by atomic mass is 10.1. The fourth-order valence-electron chi connectivity index (χ4n) is 2.95. The van der Waals surface area contributed by atoms with E-state index in [0.717, 1.165) is 20.2 Å². The topological polar surface area (TPSA) is 115 Å². The number of amides is 2. The second-order valence-corrected chi connectivity index (χ2v) is 11.5. The highest BCUT2D eigenvalue weighted by Crippen LogP contribution is 2.31. The molecule has 2 aromatic heterocycles. The van der Waals surface area contributed by atoms with Crippen molar-refractivity contribution in [3.05, 3.63) is 48.5 Å². The molecule has 12 heteroatoms. The number of fused-ring (bicyclic) bond motifs is 1. The van der Waals surface area contributed by atoms with Gasteiger partial charge in [0.2, 0.25) is 17.0 Å². The van der Waals surface area contributed by atoms with Crippen LogP contribution in [0, 0.1) is 0 Å². The molecule has 4 aromatic rings. The number of hydrogen-bond donors (Lipinski definition) is 2. The van der Waals surface area contributed by atoms with Crippen molar-refractivity contribution < 1.29 is 9.59 Å². The van der Waals surface area contributed by atoms with Crippen molar-refractivity contribution in [1.29, 1.82) is 0 Å². The predicted molar refractivity (Wildman–Crippen MR) is 137 cm³/mol. The van der Waals surface area contributed by atoms with Gasteiger partial charge in [0.05, 0.1) is 27.4 Å². The summed E-state index contributed by atoms with van der Waals surface area (Å²) < 4.78 is 3.35. The molecular weight excluding hydrogens is 490 g/mol. The lowest BCUT2D eigenvalue weighted by Gasteiger charge is -2.19. The standard InChI is InChI=1S/C22H23N7O2S3/c1-22(2,3)25-19(31)13-33-21-24-16-10-9-14(11-17(16)34-21)23-18(30)12-32-20-26-27-28-29(20)15-7-5-4-6-8-15/h4-11H,12-13H2,1-3H3,(H,23,30)(H,25,31). The Morgan fingerprint density at radius 2 is 1.79 bits per heavy atom. The number of aromatic nitrogens is 5. The van der Waals surface area contributed by atoms with E-state index < -0.39 is 0 Å². The summed E-state index contributed by atoms with van der Waals surface area (Å²) in [6.07, 6.45) is 0. The van der Waals surface area contributed by atoms with Crippen LogP contribution in [0.25, 0.3) is 15.9 Å². The van der Waals surface area contributed by atoms with Gasteiger partial charge >= 0.3 is 0 Å². The average molecular weight is 514 g/mol. The minimum atomic E-state index is -0.260. The highest BCUT2D eigenvalue weighted by Gasteiger charge is 2.15. The second kappa shape index (κ2) is 10.5. The summed E-state index contributed by atoms with van der Waals surface area (Å²) in [6.45, 7) is 5.85. The number of thioether (sulfide) groups is 2. The van der Waals surface area contributed by atoms with Crippen LogP contribution >= 0.6 is 34.9 Å². The van der Waals surface area contributed by atoms with E-state index in [9.17, 15) is 9.59 Å². The maximum atomic E-state index is 12.5. The minimum Gasteiger partial charge on any atom is -0.351 e. The van der Waals surface area contributed by atoms with Gasteiger partial charge in [-0.3, -0.25) is 9.59 Å². The number of carbonyl (C=O) groups is 2. The summed E-state index contributed by atoms with van der Waals surface area (Å²) in [5, 5.41) is 18.1. The van der Waals surface area contributed by atoms with Crippen LogP contribution in [-0.4, -0.2) is 54.1 Å². The summed E-state index contributed by atoms with van der Waals surface area (Å²) >= 11 is 4.16. The Morgan fingerprint density at radius 1 is 1.03 bits per heavy atom. The first-order valence-electron chi connectivity index (χ1n) is 10.4. The first-order valence-corrected chi connectivity index (χ1v) is 13.2. The number of nitrogens with one attached hydrogen (secondary N) is 2. The molecule has 0 aliphatic carbocycles. The number of tetrazole rings is 1. The molecule has 2 N–H and O–H groups in total. The number of nitrogens with zero attached hydrogens (tertiary/aromatic N) is 5. The van der Waals surface area contributed by atoms with Crippen molar-refractivity contribution in [3.63, 3.8) is 0 Å². The zero-order valence-corrected chi connectivity index (χ0v) is 21.3. The number of rotatable bonds is 8. The lowest BCUT2D eigenvalue weighted by Crippen LogP contribution is -2.41. The van der Waals surface area contributed by atoms with Crippen LogP contribution in [-0.2, 0) is 9.59 Å². The molecule has 2 heterocycles. The van der Waals surface area contributed by atoms with E-state index in [1.165, 1.54) is 34.9 Å². The number of thiazole rings is 1. The van der Waals surface area contributed by atoms with Gasteiger partial charge in [0, 0.05) is 11.2 Å². The van der Waals surface area contributed by atoms with Gasteiger partial charge in [0.15, 0.2) is 4.34 Å². The summed E-state index contributed by atoms with van der Waals surface area (Å²) in [7, 11) is 0. The molecule has 2 aromatic carbocycles. The summed E-state index contributed by atoms with van der Waals surface area (Å²) in [5.74, 6) is 0.281. The van der Waals surface area contributed by atoms with Crippen LogP contribution in [0.3, 0.4) is 0 Å². The van der Waals surface area contributed by atoms with Gasteiger partial charge in [0.25, 0.3) is 0 Å². The maximum Gasteiger partial charge on any atom is 0.234 e. The van der Waals surface area contributed by atoms with Crippen molar-refractivity contribution in [2.24, 2.45) is 0 Å². The van der Waals surface area contributed by atoms with Crippen LogP contribution < -0.4 is 10.6 Å². The van der Waals surface area contributed by atoms with E-state index in [-0.39, 0.29) is 23.1 Å². The molecule has 4 rings (SSSR count). The molecule has 9 nitrogen and oxygen atoms in total. The molecule has 0 radical (unpaired) electrons. The Balaban J connectivity index is 1.33. The maximum absolute atomic E-state index is 12.5. The molecule has 0 aliphatic heterocycles. The quantitative estimate of drug-likeness (QED) is 0.340. The van der Waals surface area contributed by atoms with Crippen LogP contribution in [0.15, 0.2) is 58.0 Å². The highest BCUT2D eigenvalue weighted by atomic mass is 32.2. The number of benzene rings is 2. The third-order valence-electron chi connectivity index (χ3n) is 4.27. The Kier molecular flexibility index (Phi) is 7.49. The van der Waals surface area contributed by atoms with Crippen molar-refractivity contribution >= 4 is 62.6 Å². The van der Waals surface area contributed by atoms with Gasteiger partial charge in [-0.05, 0) is 61.5 Å². The van der Waals surface area contributed by atoms with E-state index in [4.69, 9.17) is 0 Å². The molecule has 0 aliphatic rings. The number of hydrogen-bond acceptors (Lipinski definition) is 9. The third-order valence-corrected chi connectivity index (χ3v) is 7.35. The van der Waals surface area contributed by atoms with Gasteiger partial charge in [-0.1, -0.05) is 41.7 Å². The molecule has 0 spiro atoms. The van der Waals surface area contributed by atoms with E-state index in [2.05, 4.69) is 31.1 Å². The van der Waals surface area contributed by atoms with E-state index in [1.54, 1.807) is 4.68 Å². The Bertz CT molecular complexity index is 1300. The van der Waals surface area contributed by atoms with Crippen LogP contribution in [0.1, 0.15) is 20.8 Å². The van der Waals surface area contributed by atoms with Crippen LogP contribution in [0.2, 0.25) is 0 Å². The van der Waals surface area contributed by atoms with Gasteiger partial charge in [-0.2, -0.15) is 4.68 Å². The first kappa shape index (κ1) is 24.2. The zero-order valence-electron chi connectivity index (χ0n) is 18.8. The molecule has 0 unspecified atom stereocenters. The Morgan fingerprint density at radius 3 is 2.56 bits per heavy atom. The third kappa shape index (κ3) is 6.55. The normalized spacial score (nSPS) is 11.5. The molecule has 0 saturated heterocycles. The second-order valence-electron chi connectivity index (χ2n) is 8.29. The Labute approximate surface area is 209 Å². The van der Waals surface area contributed by atoms with Crippen LogP contribution in [0.5, 0.6) is 0 Å². The number of carbonyl (C=O) groups excluding carboxylic acids is 2. The molecular formula is C22H23N7O2S3. The molecule has 34 heavy (non-hydrogen) atoms. The van der Waals surface area contributed by atoms with E-state index >= 15 is 0 Å². The first-order chi connectivity index (χ1) is 16.3. The largest absolute Gasteiger partial charge is 0.351 e. The van der Waals surface area contributed by atoms with E-state index in [0.29, 0.717) is 16.6 Å². The fourth-order valence-corrected chi connectivity index (χ4v) is 5.55. The van der Waals surface area contributed by atoms with Crippen molar-refractivity contribution in [2.45, 2.75) is 35.8 Å². The SMILES string of the molecule is CC(C)(C)NC(=O)CSc1nc2ccc(NC(=O)CSc3nnnn3-c3ccccc3)cc2s1. The van der Waals surface area contributed by atoms with Gasteiger partial charge in [-0.25, -0.2) is 4.98 Å². The molecule has 0 fully saturated rings. The summed E-state index contributed by atoms with van der Waals surface area (Å²) in [6, 6.07) is 15.1. The van der Waals surface area contributed by atoms with Crippen LogP contribution in [0.4, 0.5) is 5.69 Å². The number of para-hydroxylation sites is 1. The van der Waals surface area contributed by atoms with Crippen molar-refractivity contribution in [1.82, 2.24) is 30.5 Å². The monoisotopic (exact) mass is 513 g/mol. The lowest BCUT2D eigenvalue weighted by molar-refractivity contribution is -0.120.